The zero-order valence-corrected chi connectivity index (χ0v) is 15.5. The van der Waals surface area contributed by atoms with E-state index in [2.05, 4.69) is 35.4 Å². The Balaban J connectivity index is 1.70. The summed E-state index contributed by atoms with van der Waals surface area (Å²) >= 11 is 0. The van der Waals surface area contributed by atoms with Crippen LogP contribution in [-0.4, -0.2) is 66.1 Å². The van der Waals surface area contributed by atoms with Crippen LogP contribution in [0.2, 0.25) is 0 Å². The first-order valence-corrected chi connectivity index (χ1v) is 9.73. The largest absolute Gasteiger partial charge is 0.467 e. The van der Waals surface area contributed by atoms with E-state index in [1.54, 1.807) is 0 Å². The Bertz CT molecular complexity index is 887. The molecule has 0 unspecified atom stereocenters. The summed E-state index contributed by atoms with van der Waals surface area (Å²) in [5, 5.41) is 15.1. The second-order valence-corrected chi connectivity index (χ2v) is 8.76. The van der Waals surface area contributed by atoms with Gasteiger partial charge in [-0.3, -0.25) is 4.90 Å². The molecule has 5 aliphatic rings. The highest BCUT2D eigenvalue weighted by Crippen LogP contribution is 2.69. The normalized spacial score (nSPS) is 48.6. The van der Waals surface area contributed by atoms with E-state index in [1.807, 2.05) is 18.2 Å². The Labute approximate surface area is 158 Å². The van der Waals surface area contributed by atoms with Crippen LogP contribution < -0.4 is 5.32 Å². The lowest BCUT2D eigenvalue weighted by Crippen LogP contribution is -2.72. The van der Waals surface area contributed by atoms with Gasteiger partial charge in [-0.05, 0) is 18.6 Å². The second kappa shape index (κ2) is 4.74. The molecule has 142 valence electrons. The summed E-state index contributed by atoms with van der Waals surface area (Å²) in [5.74, 6) is -0.348. The topological polar surface area (TPSA) is 71.0 Å². The van der Waals surface area contributed by atoms with E-state index in [1.165, 1.54) is 7.11 Å². The molecule has 27 heavy (non-hydrogen) atoms. The van der Waals surface area contributed by atoms with Crippen molar-refractivity contribution >= 4 is 11.7 Å². The summed E-state index contributed by atoms with van der Waals surface area (Å²) < 4.78 is 11.8. The van der Waals surface area contributed by atoms with Crippen molar-refractivity contribution in [2.75, 3.05) is 25.5 Å². The highest BCUT2D eigenvalue weighted by atomic mass is 16.6. The maximum Gasteiger partial charge on any atom is 0.340 e. The van der Waals surface area contributed by atoms with Crippen LogP contribution in [0.1, 0.15) is 18.9 Å². The number of carbonyl (C=O) groups excluding carboxylic acids is 1. The SMILES string of the molecule is COC(=O)[C@]12C[C@]3(C=CCN4C[C@@H](O)[C@]5(c6ccccc6N[C@@H]51)[C@@H]43)[C@@H](C)O2. The average molecular weight is 368 g/mol. The van der Waals surface area contributed by atoms with Gasteiger partial charge < -0.3 is 19.9 Å². The first-order chi connectivity index (χ1) is 13.0. The van der Waals surface area contributed by atoms with Gasteiger partial charge in [0.2, 0.25) is 0 Å². The third kappa shape index (κ3) is 1.48. The molecule has 0 radical (unpaired) electrons. The molecule has 7 atom stereocenters. The van der Waals surface area contributed by atoms with Gasteiger partial charge in [-0.15, -0.1) is 0 Å². The van der Waals surface area contributed by atoms with Gasteiger partial charge in [0.15, 0.2) is 5.60 Å². The molecule has 0 aromatic heterocycles. The minimum absolute atomic E-state index is 0.0847. The molecule has 4 heterocycles. The number of benzene rings is 1. The van der Waals surface area contributed by atoms with E-state index >= 15 is 0 Å². The Morgan fingerprint density at radius 1 is 1.41 bits per heavy atom. The number of fused-ring (bicyclic) bond motifs is 3. The summed E-state index contributed by atoms with van der Waals surface area (Å²) in [7, 11) is 1.42. The third-order valence-corrected chi connectivity index (χ3v) is 7.93. The van der Waals surface area contributed by atoms with Gasteiger partial charge in [0.1, 0.15) is 0 Å². The Kier molecular flexibility index (Phi) is 2.83. The molecule has 1 aromatic carbocycles. The van der Waals surface area contributed by atoms with Crippen LogP contribution in [0.5, 0.6) is 0 Å². The minimum Gasteiger partial charge on any atom is -0.467 e. The van der Waals surface area contributed by atoms with Gasteiger partial charge in [0.05, 0.1) is 30.8 Å². The van der Waals surface area contributed by atoms with Crippen LogP contribution in [0.4, 0.5) is 5.69 Å². The molecule has 3 fully saturated rings. The van der Waals surface area contributed by atoms with Gasteiger partial charge >= 0.3 is 5.97 Å². The van der Waals surface area contributed by atoms with Crippen LogP contribution >= 0.6 is 0 Å². The molecule has 2 spiro atoms. The third-order valence-electron chi connectivity index (χ3n) is 7.93. The van der Waals surface area contributed by atoms with Gasteiger partial charge in [0.25, 0.3) is 0 Å². The van der Waals surface area contributed by atoms with Gasteiger partial charge in [-0.1, -0.05) is 30.4 Å². The summed E-state index contributed by atoms with van der Waals surface area (Å²) in [6.45, 7) is 3.48. The fourth-order valence-electron chi connectivity index (χ4n) is 7.18. The number of hydrogen-bond donors (Lipinski definition) is 2. The van der Waals surface area contributed by atoms with E-state index < -0.39 is 17.1 Å². The van der Waals surface area contributed by atoms with Crippen molar-refractivity contribution in [3.8, 4) is 0 Å². The standard InChI is InChI=1S/C21H24N2O4/c1-12-19-8-5-9-23-10-15(24)21(17(19)23)13-6-3-4-7-14(13)22-16(21)20(11-19,27-12)18(25)26-2/h3-8,12,15-17,22,24H,9-11H2,1-2H3/t12-,15-,16-,17+,19-,20+,21+/m1/s1. The van der Waals surface area contributed by atoms with Crippen molar-refractivity contribution in [2.45, 2.75) is 48.7 Å². The van der Waals surface area contributed by atoms with Crippen LogP contribution in [0.3, 0.4) is 0 Å². The molecule has 0 amide bonds. The molecule has 4 aliphatic heterocycles. The predicted molar refractivity (Wildman–Crippen MR) is 98.4 cm³/mol. The van der Waals surface area contributed by atoms with E-state index in [9.17, 15) is 9.90 Å². The lowest BCUT2D eigenvalue weighted by Gasteiger charge is -2.56. The molecule has 1 aromatic rings. The fourth-order valence-corrected chi connectivity index (χ4v) is 7.18. The maximum absolute atomic E-state index is 13.1. The molecule has 2 saturated heterocycles. The number of aliphatic hydroxyl groups is 1. The van der Waals surface area contributed by atoms with Crippen molar-refractivity contribution in [2.24, 2.45) is 5.41 Å². The second-order valence-electron chi connectivity index (χ2n) is 8.76. The molecule has 2 N–H and O–H groups in total. The van der Waals surface area contributed by atoms with Crippen LogP contribution in [-0.2, 0) is 19.7 Å². The van der Waals surface area contributed by atoms with E-state index in [-0.39, 0.29) is 29.6 Å². The van der Waals surface area contributed by atoms with Crippen molar-refractivity contribution in [1.82, 2.24) is 4.90 Å². The van der Waals surface area contributed by atoms with E-state index in [0.29, 0.717) is 13.0 Å². The molecule has 1 saturated carbocycles. The molecule has 6 rings (SSSR count). The average Bonchev–Trinajstić information content (AvgIpc) is 3.26. The van der Waals surface area contributed by atoms with Crippen LogP contribution in [0.25, 0.3) is 0 Å². The molecule has 1 aliphatic carbocycles. The maximum atomic E-state index is 13.1. The number of anilines is 1. The highest BCUT2D eigenvalue weighted by molar-refractivity contribution is 5.86. The molecular weight excluding hydrogens is 344 g/mol. The zero-order valence-electron chi connectivity index (χ0n) is 15.5. The Hall–Kier alpha value is -1.89. The highest BCUT2D eigenvalue weighted by Gasteiger charge is 2.82. The lowest BCUT2D eigenvalue weighted by molar-refractivity contribution is -0.172. The summed E-state index contributed by atoms with van der Waals surface area (Å²) in [6.07, 6.45) is 4.28. The fraction of sp³-hybridized carbons (Fsp3) is 0.571. The lowest BCUT2D eigenvalue weighted by atomic mass is 9.50. The summed E-state index contributed by atoms with van der Waals surface area (Å²) in [6, 6.07) is 7.87. The summed E-state index contributed by atoms with van der Waals surface area (Å²) in [4.78, 5) is 15.5. The molecular formula is C21H24N2O4. The van der Waals surface area contributed by atoms with E-state index in [4.69, 9.17) is 9.47 Å². The minimum atomic E-state index is -1.11. The molecule has 6 nitrogen and oxygen atoms in total. The van der Waals surface area contributed by atoms with Gasteiger partial charge in [-0.2, -0.15) is 0 Å². The first kappa shape index (κ1) is 16.1. The number of nitrogens with zero attached hydrogens (tertiary/aromatic N) is 1. The Morgan fingerprint density at radius 2 is 2.22 bits per heavy atom. The number of para-hydroxylation sites is 1. The molecule has 2 bridgehead atoms. The van der Waals surface area contributed by atoms with Gasteiger partial charge in [0, 0.05) is 36.7 Å². The number of rotatable bonds is 1. The van der Waals surface area contributed by atoms with Crippen LogP contribution in [0, 0.1) is 5.41 Å². The summed E-state index contributed by atoms with van der Waals surface area (Å²) in [5.41, 5.74) is 0.0565. The number of esters is 1. The van der Waals surface area contributed by atoms with Crippen molar-refractivity contribution < 1.29 is 19.4 Å². The quantitative estimate of drug-likeness (QED) is 0.571. The Morgan fingerprint density at radius 3 is 3.04 bits per heavy atom. The first-order valence-electron chi connectivity index (χ1n) is 9.73. The van der Waals surface area contributed by atoms with Gasteiger partial charge in [-0.25, -0.2) is 4.79 Å². The van der Waals surface area contributed by atoms with Crippen molar-refractivity contribution in [3.63, 3.8) is 0 Å². The number of carbonyl (C=O) groups is 1. The predicted octanol–water partition coefficient (Wildman–Crippen LogP) is 1.05. The number of nitrogens with one attached hydrogen (secondary N) is 1. The van der Waals surface area contributed by atoms with Crippen molar-refractivity contribution in [3.05, 3.63) is 42.0 Å². The molecule has 6 heteroatoms. The van der Waals surface area contributed by atoms with Crippen LogP contribution in [0.15, 0.2) is 36.4 Å². The van der Waals surface area contributed by atoms with E-state index in [0.717, 1.165) is 17.8 Å². The zero-order chi connectivity index (χ0) is 18.6. The monoisotopic (exact) mass is 368 g/mol. The number of aliphatic hydroxyl groups excluding tert-OH is 1. The van der Waals surface area contributed by atoms with Crippen molar-refractivity contribution in [1.29, 1.82) is 0 Å². The number of ether oxygens (including phenoxy) is 2. The smallest absolute Gasteiger partial charge is 0.340 e. The number of hydrogen-bond acceptors (Lipinski definition) is 6. The number of methoxy groups -OCH3 is 1.